The van der Waals surface area contributed by atoms with Crippen molar-refractivity contribution in [1.29, 1.82) is 0 Å². The van der Waals surface area contributed by atoms with Crippen LogP contribution >= 0.6 is 0 Å². The van der Waals surface area contributed by atoms with Gasteiger partial charge in [0, 0.05) is 17.6 Å². The average molecular weight is 254 g/mol. The molecule has 1 aromatic carbocycles. The van der Waals surface area contributed by atoms with E-state index in [1.807, 2.05) is 0 Å². The smallest absolute Gasteiger partial charge is 0.0708 e. The van der Waals surface area contributed by atoms with Crippen LogP contribution in [0.15, 0.2) is 24.3 Å². The van der Waals surface area contributed by atoms with E-state index in [1.165, 1.54) is 47.9 Å². The van der Waals surface area contributed by atoms with E-state index in [4.69, 9.17) is 4.98 Å². The second-order valence-electron chi connectivity index (χ2n) is 5.42. The molecule has 0 saturated carbocycles. The minimum atomic E-state index is 0.985. The van der Waals surface area contributed by atoms with Gasteiger partial charge in [0.1, 0.15) is 0 Å². The Morgan fingerprint density at radius 1 is 1.16 bits per heavy atom. The third kappa shape index (κ3) is 2.50. The number of hydrogen-bond donors (Lipinski definition) is 1. The molecule has 0 fully saturated rings. The normalized spacial score (nSPS) is 14.6. The van der Waals surface area contributed by atoms with Gasteiger partial charge in [0.15, 0.2) is 0 Å². The highest BCUT2D eigenvalue weighted by molar-refractivity contribution is 5.83. The van der Waals surface area contributed by atoms with Gasteiger partial charge in [0.05, 0.1) is 5.52 Å². The van der Waals surface area contributed by atoms with Crippen LogP contribution in [-0.4, -0.2) is 11.5 Å². The number of fused-ring (bicyclic) bond motifs is 2. The first kappa shape index (κ1) is 12.6. The molecule has 0 spiro atoms. The zero-order chi connectivity index (χ0) is 13.1. The molecular weight excluding hydrogens is 232 g/mol. The first-order chi connectivity index (χ1) is 9.40. The molecule has 2 nitrogen and oxygen atoms in total. The van der Waals surface area contributed by atoms with Gasteiger partial charge in [-0.15, -0.1) is 0 Å². The zero-order valence-electron chi connectivity index (χ0n) is 11.7. The Balaban J connectivity index is 2.08. The minimum absolute atomic E-state index is 0.985. The number of pyridine rings is 1. The highest BCUT2D eigenvalue weighted by Gasteiger charge is 2.17. The second kappa shape index (κ2) is 5.70. The number of aryl methyl sites for hydroxylation is 1. The van der Waals surface area contributed by atoms with Crippen molar-refractivity contribution in [2.45, 2.75) is 45.6 Å². The minimum Gasteiger partial charge on any atom is -0.313 e. The lowest BCUT2D eigenvalue weighted by Crippen LogP contribution is -2.18. The van der Waals surface area contributed by atoms with E-state index < -0.39 is 0 Å². The van der Waals surface area contributed by atoms with Crippen molar-refractivity contribution in [3.8, 4) is 0 Å². The van der Waals surface area contributed by atoms with Crippen LogP contribution in [0.1, 0.15) is 43.0 Å². The van der Waals surface area contributed by atoms with Crippen LogP contribution in [0, 0.1) is 0 Å². The highest BCUT2D eigenvalue weighted by atomic mass is 14.8. The third-order valence-electron chi connectivity index (χ3n) is 4.02. The van der Waals surface area contributed by atoms with E-state index in [2.05, 4.69) is 36.5 Å². The van der Waals surface area contributed by atoms with Crippen LogP contribution < -0.4 is 5.32 Å². The number of benzene rings is 1. The predicted molar refractivity (Wildman–Crippen MR) is 80.4 cm³/mol. The summed E-state index contributed by atoms with van der Waals surface area (Å²) in [5, 5.41) is 4.91. The number of nitrogens with zero attached hydrogens (tertiary/aromatic N) is 1. The van der Waals surface area contributed by atoms with E-state index in [-0.39, 0.29) is 0 Å². The SMILES string of the molecule is CCCNCc1c2c(nc3ccccc13)CCCC2. The number of hydrogen-bond acceptors (Lipinski definition) is 2. The fourth-order valence-electron chi connectivity index (χ4n) is 3.06. The van der Waals surface area contributed by atoms with Gasteiger partial charge in [-0.3, -0.25) is 4.98 Å². The lowest BCUT2D eigenvalue weighted by Gasteiger charge is -2.21. The van der Waals surface area contributed by atoms with Crippen molar-refractivity contribution in [3.05, 3.63) is 41.1 Å². The highest BCUT2D eigenvalue weighted by Crippen LogP contribution is 2.29. The maximum absolute atomic E-state index is 4.88. The maximum Gasteiger partial charge on any atom is 0.0708 e. The molecule has 0 bridgehead atoms. The van der Waals surface area contributed by atoms with Crippen LogP contribution in [0.2, 0.25) is 0 Å². The fourth-order valence-corrected chi connectivity index (χ4v) is 3.06. The van der Waals surface area contributed by atoms with Gasteiger partial charge in [-0.2, -0.15) is 0 Å². The van der Waals surface area contributed by atoms with Gasteiger partial charge >= 0.3 is 0 Å². The molecule has 1 aliphatic rings. The Bertz CT molecular complexity index is 575. The predicted octanol–water partition coefficient (Wildman–Crippen LogP) is 3.61. The van der Waals surface area contributed by atoms with E-state index in [9.17, 15) is 0 Å². The summed E-state index contributed by atoms with van der Waals surface area (Å²) in [6, 6.07) is 8.59. The number of rotatable bonds is 4. The van der Waals surface area contributed by atoms with Crippen LogP contribution in [0.25, 0.3) is 10.9 Å². The average Bonchev–Trinajstić information content (AvgIpc) is 2.46. The molecule has 0 unspecified atom stereocenters. The first-order valence-electron chi connectivity index (χ1n) is 7.50. The van der Waals surface area contributed by atoms with Crippen LogP contribution in [0.3, 0.4) is 0 Å². The van der Waals surface area contributed by atoms with E-state index >= 15 is 0 Å². The zero-order valence-corrected chi connectivity index (χ0v) is 11.7. The van der Waals surface area contributed by atoms with Gasteiger partial charge in [-0.25, -0.2) is 0 Å². The third-order valence-corrected chi connectivity index (χ3v) is 4.02. The van der Waals surface area contributed by atoms with Crippen LogP contribution in [-0.2, 0) is 19.4 Å². The molecular formula is C17H22N2. The van der Waals surface area contributed by atoms with E-state index in [0.29, 0.717) is 0 Å². The Morgan fingerprint density at radius 2 is 2.00 bits per heavy atom. The van der Waals surface area contributed by atoms with Crippen molar-refractivity contribution < 1.29 is 0 Å². The molecule has 1 heterocycles. The van der Waals surface area contributed by atoms with Crippen LogP contribution in [0.5, 0.6) is 0 Å². The lowest BCUT2D eigenvalue weighted by atomic mass is 9.90. The molecule has 0 atom stereocenters. The molecule has 19 heavy (non-hydrogen) atoms. The molecule has 1 aromatic heterocycles. The Morgan fingerprint density at radius 3 is 2.89 bits per heavy atom. The topological polar surface area (TPSA) is 24.9 Å². The summed E-state index contributed by atoms with van der Waals surface area (Å²) < 4.78 is 0. The fraction of sp³-hybridized carbons (Fsp3) is 0.471. The Kier molecular flexibility index (Phi) is 3.79. The summed E-state index contributed by atoms with van der Waals surface area (Å²) in [6.07, 6.45) is 6.15. The molecule has 100 valence electrons. The quantitative estimate of drug-likeness (QED) is 0.843. The van der Waals surface area contributed by atoms with Crippen molar-refractivity contribution >= 4 is 10.9 Å². The standard InChI is InChI=1S/C17H22N2/c1-2-11-18-12-15-13-7-3-5-9-16(13)19-17-10-6-4-8-14(15)17/h3,5,7,9,18H,2,4,6,8,10-12H2,1H3. The van der Waals surface area contributed by atoms with Gasteiger partial charge in [-0.1, -0.05) is 25.1 Å². The molecule has 0 amide bonds. The molecule has 3 rings (SSSR count). The molecule has 1 N–H and O–H groups in total. The Hall–Kier alpha value is -1.41. The molecule has 2 aromatic rings. The lowest BCUT2D eigenvalue weighted by molar-refractivity contribution is 0.640. The number of para-hydroxylation sites is 1. The second-order valence-corrected chi connectivity index (χ2v) is 5.42. The largest absolute Gasteiger partial charge is 0.313 e. The van der Waals surface area contributed by atoms with E-state index in [1.54, 1.807) is 0 Å². The molecule has 0 saturated heterocycles. The van der Waals surface area contributed by atoms with Crippen LogP contribution in [0.4, 0.5) is 0 Å². The van der Waals surface area contributed by atoms with Gasteiger partial charge in [0.2, 0.25) is 0 Å². The van der Waals surface area contributed by atoms with Gasteiger partial charge < -0.3 is 5.32 Å². The molecule has 1 aliphatic carbocycles. The van der Waals surface area contributed by atoms with Crippen molar-refractivity contribution in [3.63, 3.8) is 0 Å². The Labute approximate surface area is 115 Å². The van der Waals surface area contributed by atoms with Crippen molar-refractivity contribution in [2.75, 3.05) is 6.54 Å². The van der Waals surface area contributed by atoms with Gasteiger partial charge in [0.25, 0.3) is 0 Å². The molecule has 0 aliphatic heterocycles. The summed E-state index contributed by atoms with van der Waals surface area (Å²) in [6.45, 7) is 4.29. The summed E-state index contributed by atoms with van der Waals surface area (Å²) in [4.78, 5) is 4.88. The summed E-state index contributed by atoms with van der Waals surface area (Å²) in [5.41, 5.74) is 5.52. The summed E-state index contributed by atoms with van der Waals surface area (Å²) in [7, 11) is 0. The number of aromatic nitrogens is 1. The van der Waals surface area contributed by atoms with Crippen molar-refractivity contribution in [2.24, 2.45) is 0 Å². The van der Waals surface area contributed by atoms with Crippen molar-refractivity contribution in [1.82, 2.24) is 10.3 Å². The summed E-state index contributed by atoms with van der Waals surface area (Å²) >= 11 is 0. The molecule has 0 radical (unpaired) electrons. The van der Waals surface area contributed by atoms with E-state index in [0.717, 1.165) is 25.0 Å². The summed E-state index contributed by atoms with van der Waals surface area (Å²) in [5.74, 6) is 0. The molecule has 2 heteroatoms. The maximum atomic E-state index is 4.88. The van der Waals surface area contributed by atoms with Gasteiger partial charge in [-0.05, 0) is 55.8 Å². The monoisotopic (exact) mass is 254 g/mol. The number of nitrogens with one attached hydrogen (secondary N) is 1. The first-order valence-corrected chi connectivity index (χ1v) is 7.50.